The van der Waals surface area contributed by atoms with Crippen molar-refractivity contribution in [2.45, 2.75) is 6.92 Å². The van der Waals surface area contributed by atoms with E-state index in [4.69, 9.17) is 0 Å². The Hall–Kier alpha value is -2.30. The van der Waals surface area contributed by atoms with Crippen molar-refractivity contribution in [3.63, 3.8) is 0 Å². The Balaban J connectivity index is 2.43. The number of hydrogen-bond acceptors (Lipinski definition) is 3. The molecule has 1 aromatic carbocycles. The molecular formula is C12H9FN2O2. The minimum atomic E-state index is -0.554. The Labute approximate surface area is 96.9 Å². The van der Waals surface area contributed by atoms with Crippen LogP contribution in [-0.4, -0.2) is 9.91 Å². The maximum absolute atomic E-state index is 12.9. The molecule has 0 spiro atoms. The normalized spacial score (nSPS) is 10.2. The Bertz CT molecular complexity index is 567. The van der Waals surface area contributed by atoms with Gasteiger partial charge in [0, 0.05) is 11.6 Å². The highest BCUT2D eigenvalue weighted by molar-refractivity contribution is 5.66. The van der Waals surface area contributed by atoms with Gasteiger partial charge in [0.2, 0.25) is 0 Å². The highest BCUT2D eigenvalue weighted by Crippen LogP contribution is 2.24. The molecule has 0 N–H and O–H groups in total. The number of halogens is 1. The molecule has 5 heteroatoms. The van der Waals surface area contributed by atoms with Crippen LogP contribution in [0.4, 0.5) is 10.2 Å². The molecule has 0 aliphatic heterocycles. The Morgan fingerprint density at radius 3 is 2.59 bits per heavy atom. The predicted octanol–water partition coefficient (Wildman–Crippen LogP) is 3.10. The molecule has 1 heterocycles. The second-order valence-electron chi connectivity index (χ2n) is 3.62. The lowest BCUT2D eigenvalue weighted by atomic mass is 10.0. The number of nitrogens with zero attached hydrogens (tertiary/aromatic N) is 2. The first-order valence-corrected chi connectivity index (χ1v) is 4.95. The van der Waals surface area contributed by atoms with E-state index in [1.807, 2.05) is 0 Å². The number of pyridine rings is 1. The molecule has 0 saturated carbocycles. The minimum Gasteiger partial charge on any atom is -0.358 e. The summed E-state index contributed by atoms with van der Waals surface area (Å²) in [4.78, 5) is 13.6. The predicted molar refractivity (Wildman–Crippen MR) is 61.0 cm³/mol. The van der Waals surface area contributed by atoms with E-state index in [1.165, 1.54) is 24.4 Å². The van der Waals surface area contributed by atoms with Crippen molar-refractivity contribution in [1.29, 1.82) is 0 Å². The summed E-state index contributed by atoms with van der Waals surface area (Å²) in [7, 11) is 0. The molecule has 2 rings (SSSR count). The van der Waals surface area contributed by atoms with Gasteiger partial charge in [0.05, 0.1) is 0 Å². The van der Waals surface area contributed by atoms with Gasteiger partial charge in [-0.05, 0) is 46.2 Å². The van der Waals surface area contributed by atoms with E-state index in [0.29, 0.717) is 0 Å². The summed E-state index contributed by atoms with van der Waals surface area (Å²) in [6.45, 7) is 1.78. The van der Waals surface area contributed by atoms with Crippen LogP contribution < -0.4 is 0 Å². The second-order valence-corrected chi connectivity index (χ2v) is 3.62. The van der Waals surface area contributed by atoms with Gasteiger partial charge in [-0.3, -0.25) is 0 Å². The van der Waals surface area contributed by atoms with Crippen molar-refractivity contribution in [2.24, 2.45) is 0 Å². The number of nitro groups is 1. The quantitative estimate of drug-likeness (QED) is 0.590. The van der Waals surface area contributed by atoms with Crippen molar-refractivity contribution in [3.8, 4) is 11.1 Å². The lowest BCUT2D eigenvalue weighted by molar-refractivity contribution is -0.389. The fourth-order valence-electron chi connectivity index (χ4n) is 1.60. The molecule has 0 atom stereocenters. The van der Waals surface area contributed by atoms with Crippen molar-refractivity contribution in [1.82, 2.24) is 4.98 Å². The van der Waals surface area contributed by atoms with Gasteiger partial charge in [-0.1, -0.05) is 6.07 Å². The number of benzene rings is 1. The number of rotatable bonds is 2. The van der Waals surface area contributed by atoms with Gasteiger partial charge in [-0.15, -0.1) is 0 Å². The zero-order valence-electron chi connectivity index (χ0n) is 9.05. The lowest BCUT2D eigenvalue weighted by Gasteiger charge is -2.03. The van der Waals surface area contributed by atoms with E-state index in [0.717, 1.165) is 16.7 Å². The molecule has 0 bridgehead atoms. The van der Waals surface area contributed by atoms with Crippen molar-refractivity contribution < 1.29 is 9.31 Å². The highest BCUT2D eigenvalue weighted by atomic mass is 19.1. The Kier molecular flexibility index (Phi) is 2.82. The van der Waals surface area contributed by atoms with Gasteiger partial charge in [0.1, 0.15) is 12.0 Å². The van der Waals surface area contributed by atoms with E-state index in [-0.39, 0.29) is 11.6 Å². The summed E-state index contributed by atoms with van der Waals surface area (Å²) in [6, 6.07) is 7.33. The summed E-state index contributed by atoms with van der Waals surface area (Å²) in [5, 5.41) is 10.5. The first-order chi connectivity index (χ1) is 8.08. The van der Waals surface area contributed by atoms with Gasteiger partial charge < -0.3 is 10.1 Å². The Morgan fingerprint density at radius 2 is 2.06 bits per heavy atom. The maximum Gasteiger partial charge on any atom is 0.363 e. The molecule has 0 fully saturated rings. The van der Waals surface area contributed by atoms with Crippen LogP contribution in [0.2, 0.25) is 0 Å². The van der Waals surface area contributed by atoms with Gasteiger partial charge in [0.25, 0.3) is 0 Å². The average Bonchev–Trinajstić information content (AvgIpc) is 2.29. The van der Waals surface area contributed by atoms with Gasteiger partial charge in [-0.25, -0.2) is 4.39 Å². The van der Waals surface area contributed by atoms with Crippen LogP contribution in [0.1, 0.15) is 5.56 Å². The van der Waals surface area contributed by atoms with Crippen LogP contribution in [0.15, 0.2) is 36.5 Å². The molecular weight excluding hydrogens is 223 g/mol. The summed E-state index contributed by atoms with van der Waals surface area (Å²) in [6.07, 6.45) is 1.42. The molecule has 0 aliphatic carbocycles. The van der Waals surface area contributed by atoms with Crippen LogP contribution >= 0.6 is 0 Å². The van der Waals surface area contributed by atoms with E-state index in [2.05, 4.69) is 4.98 Å². The minimum absolute atomic E-state index is 0.200. The molecule has 0 unspecified atom stereocenters. The summed E-state index contributed by atoms with van der Waals surface area (Å²) in [5.74, 6) is -0.505. The first-order valence-electron chi connectivity index (χ1n) is 4.95. The molecule has 17 heavy (non-hydrogen) atoms. The molecule has 2 aromatic rings. The summed E-state index contributed by atoms with van der Waals surface area (Å²) < 4.78 is 12.9. The average molecular weight is 232 g/mol. The molecule has 0 saturated heterocycles. The van der Waals surface area contributed by atoms with Crippen molar-refractivity contribution >= 4 is 5.82 Å². The van der Waals surface area contributed by atoms with Crippen molar-refractivity contribution in [2.75, 3.05) is 0 Å². The molecule has 0 aliphatic rings. The number of aromatic nitrogens is 1. The third-order valence-corrected chi connectivity index (χ3v) is 2.43. The topological polar surface area (TPSA) is 56.0 Å². The van der Waals surface area contributed by atoms with E-state index < -0.39 is 4.92 Å². The summed E-state index contributed by atoms with van der Waals surface area (Å²) >= 11 is 0. The molecule has 4 nitrogen and oxygen atoms in total. The van der Waals surface area contributed by atoms with Crippen LogP contribution in [0.3, 0.4) is 0 Å². The smallest absolute Gasteiger partial charge is 0.358 e. The van der Waals surface area contributed by atoms with E-state index in [1.54, 1.807) is 19.1 Å². The zero-order chi connectivity index (χ0) is 12.4. The van der Waals surface area contributed by atoms with Crippen LogP contribution in [0, 0.1) is 22.9 Å². The van der Waals surface area contributed by atoms with E-state index >= 15 is 0 Å². The van der Waals surface area contributed by atoms with Crippen LogP contribution in [0.25, 0.3) is 11.1 Å². The third kappa shape index (κ3) is 2.28. The van der Waals surface area contributed by atoms with Crippen LogP contribution in [-0.2, 0) is 0 Å². The highest BCUT2D eigenvalue weighted by Gasteiger charge is 2.09. The summed E-state index contributed by atoms with van der Waals surface area (Å²) in [5.41, 5.74) is 2.31. The zero-order valence-corrected chi connectivity index (χ0v) is 9.05. The van der Waals surface area contributed by atoms with Gasteiger partial charge >= 0.3 is 5.82 Å². The maximum atomic E-state index is 12.9. The van der Waals surface area contributed by atoms with E-state index in [9.17, 15) is 14.5 Å². The van der Waals surface area contributed by atoms with Gasteiger partial charge in [-0.2, -0.15) is 0 Å². The molecule has 86 valence electrons. The number of hydrogen-bond donors (Lipinski definition) is 0. The van der Waals surface area contributed by atoms with Gasteiger partial charge in [0.15, 0.2) is 0 Å². The molecule has 0 amide bonds. The second kappa shape index (κ2) is 4.29. The standard InChI is InChI=1S/C12H9FN2O2/c1-8-6-10(13)3-4-11(8)9-2-5-12(14-7-9)15(16)17/h2-7H,1H3. The van der Waals surface area contributed by atoms with Crippen LogP contribution in [0.5, 0.6) is 0 Å². The monoisotopic (exact) mass is 232 g/mol. The fraction of sp³-hybridized carbons (Fsp3) is 0.0833. The molecule has 0 radical (unpaired) electrons. The number of aryl methyl sites for hydroxylation is 1. The largest absolute Gasteiger partial charge is 0.363 e. The Morgan fingerprint density at radius 1 is 1.29 bits per heavy atom. The lowest BCUT2D eigenvalue weighted by Crippen LogP contribution is -1.92. The third-order valence-electron chi connectivity index (χ3n) is 2.43. The first kappa shape index (κ1) is 11.2. The fourth-order valence-corrected chi connectivity index (χ4v) is 1.60. The van der Waals surface area contributed by atoms with Crippen molar-refractivity contribution in [3.05, 3.63) is 58.0 Å². The molecule has 1 aromatic heterocycles. The SMILES string of the molecule is Cc1cc(F)ccc1-c1ccc([N+](=O)[O-])nc1.